The maximum absolute atomic E-state index is 12.3. The van der Waals surface area contributed by atoms with Crippen LogP contribution in [0.3, 0.4) is 0 Å². The van der Waals surface area contributed by atoms with Crippen LogP contribution in [0.1, 0.15) is 17.5 Å². The Morgan fingerprint density at radius 3 is 2.85 bits per heavy atom. The summed E-state index contributed by atoms with van der Waals surface area (Å²) in [7, 11) is 0. The first-order valence-electron chi connectivity index (χ1n) is 8.34. The van der Waals surface area contributed by atoms with E-state index >= 15 is 0 Å². The van der Waals surface area contributed by atoms with Gasteiger partial charge < -0.3 is 10.1 Å². The molecule has 7 nitrogen and oxygen atoms in total. The van der Waals surface area contributed by atoms with Crippen LogP contribution in [0.2, 0.25) is 10.0 Å². The first kappa shape index (κ1) is 19.9. The van der Waals surface area contributed by atoms with Gasteiger partial charge in [-0.25, -0.2) is 9.78 Å². The highest BCUT2D eigenvalue weighted by Crippen LogP contribution is 2.28. The second kappa shape index (κ2) is 8.88. The number of amides is 2. The van der Waals surface area contributed by atoms with Crippen molar-refractivity contribution in [1.29, 1.82) is 0 Å². The Bertz CT molecular complexity index is 859. The Labute approximate surface area is 170 Å². The summed E-state index contributed by atoms with van der Waals surface area (Å²) in [6, 6.07) is 4.96. The minimum absolute atomic E-state index is 0.133. The van der Waals surface area contributed by atoms with E-state index < -0.39 is 6.09 Å². The van der Waals surface area contributed by atoms with Gasteiger partial charge in [-0.15, -0.1) is 0 Å². The maximum Gasteiger partial charge on any atom is 0.413 e. The fourth-order valence-electron chi connectivity index (χ4n) is 2.67. The van der Waals surface area contributed by atoms with Crippen molar-refractivity contribution < 1.29 is 14.3 Å². The predicted molar refractivity (Wildman–Crippen MR) is 107 cm³/mol. The van der Waals surface area contributed by atoms with Crippen molar-refractivity contribution in [2.45, 2.75) is 19.9 Å². The van der Waals surface area contributed by atoms with Gasteiger partial charge in [0, 0.05) is 30.1 Å². The van der Waals surface area contributed by atoms with Crippen molar-refractivity contribution in [3.8, 4) is 0 Å². The maximum atomic E-state index is 12.3. The zero-order valence-corrected chi connectivity index (χ0v) is 16.9. The molecule has 0 unspecified atom stereocenters. The van der Waals surface area contributed by atoms with E-state index in [9.17, 15) is 9.59 Å². The van der Waals surface area contributed by atoms with Crippen LogP contribution >= 0.6 is 34.5 Å². The predicted octanol–water partition coefficient (Wildman–Crippen LogP) is 4.02. The van der Waals surface area contributed by atoms with Crippen molar-refractivity contribution in [2.75, 3.05) is 30.3 Å². The third-order valence-corrected chi connectivity index (χ3v) is 5.60. The summed E-state index contributed by atoms with van der Waals surface area (Å²) < 4.78 is 4.86. The minimum Gasteiger partial charge on any atom is -0.450 e. The molecule has 3 rings (SSSR count). The molecule has 144 valence electrons. The van der Waals surface area contributed by atoms with Gasteiger partial charge in [0.05, 0.1) is 28.9 Å². The number of hydrogen-bond donors (Lipinski definition) is 2. The number of carbonyl (C=O) groups is 2. The van der Waals surface area contributed by atoms with E-state index in [4.69, 9.17) is 27.9 Å². The Balaban J connectivity index is 1.56. The molecule has 0 bridgehead atoms. The molecule has 27 heavy (non-hydrogen) atoms. The Hall–Kier alpha value is -1.87. The summed E-state index contributed by atoms with van der Waals surface area (Å²) in [5.41, 5.74) is 1.55. The van der Waals surface area contributed by atoms with E-state index in [1.54, 1.807) is 25.1 Å². The third kappa shape index (κ3) is 5.32. The molecule has 0 aliphatic carbocycles. The number of thiazole rings is 1. The number of anilines is 2. The average Bonchev–Trinajstić information content (AvgIpc) is 2.99. The minimum atomic E-state index is -0.513. The molecule has 1 aliphatic heterocycles. The molecule has 2 amide bonds. The van der Waals surface area contributed by atoms with Gasteiger partial charge in [-0.3, -0.25) is 15.0 Å². The van der Waals surface area contributed by atoms with Gasteiger partial charge in [0.2, 0.25) is 5.91 Å². The largest absolute Gasteiger partial charge is 0.450 e. The zero-order valence-electron chi connectivity index (χ0n) is 14.6. The van der Waals surface area contributed by atoms with Crippen LogP contribution < -0.4 is 10.6 Å². The number of benzene rings is 1. The van der Waals surface area contributed by atoms with E-state index in [-0.39, 0.29) is 12.5 Å². The summed E-state index contributed by atoms with van der Waals surface area (Å²) in [4.78, 5) is 31.3. The number of ether oxygens (including phenoxy) is 1. The van der Waals surface area contributed by atoms with Crippen molar-refractivity contribution >= 4 is 57.4 Å². The van der Waals surface area contributed by atoms with Crippen LogP contribution in [0.5, 0.6) is 0 Å². The first-order chi connectivity index (χ1) is 12.9. The molecule has 0 spiro atoms. The monoisotopic (exact) mass is 428 g/mol. The van der Waals surface area contributed by atoms with Crippen LogP contribution in [0, 0.1) is 0 Å². The lowest BCUT2D eigenvalue weighted by Crippen LogP contribution is -2.36. The topological polar surface area (TPSA) is 83.6 Å². The van der Waals surface area contributed by atoms with E-state index in [0.717, 1.165) is 17.0 Å². The Morgan fingerprint density at radius 2 is 2.11 bits per heavy atom. The van der Waals surface area contributed by atoms with E-state index in [0.29, 0.717) is 40.6 Å². The lowest BCUT2D eigenvalue weighted by atomic mass is 10.2. The molecule has 10 heteroatoms. The SMILES string of the molecule is CCOC(=O)Nc1nc2c(s1)CN(CC(=O)Nc1ccc(Cl)c(Cl)c1)CC2. The van der Waals surface area contributed by atoms with Crippen LogP contribution in [0.4, 0.5) is 15.6 Å². The number of aromatic nitrogens is 1. The fourth-order valence-corrected chi connectivity index (χ4v) is 4.00. The quantitative estimate of drug-likeness (QED) is 0.751. The number of rotatable bonds is 5. The molecule has 0 saturated heterocycles. The van der Waals surface area contributed by atoms with Crippen LogP contribution in [0.15, 0.2) is 18.2 Å². The summed E-state index contributed by atoms with van der Waals surface area (Å²) in [5.74, 6) is -0.133. The molecule has 1 aliphatic rings. The molecular formula is C17H18Cl2N4O3S. The molecule has 1 aromatic carbocycles. The van der Waals surface area contributed by atoms with E-state index in [2.05, 4.69) is 15.6 Å². The van der Waals surface area contributed by atoms with Gasteiger partial charge in [0.1, 0.15) is 0 Å². The summed E-state index contributed by atoms with van der Waals surface area (Å²) in [6.45, 7) is 3.61. The van der Waals surface area contributed by atoms with Gasteiger partial charge in [0.15, 0.2) is 5.13 Å². The van der Waals surface area contributed by atoms with Gasteiger partial charge in [-0.1, -0.05) is 34.5 Å². The van der Waals surface area contributed by atoms with E-state index in [1.165, 1.54) is 11.3 Å². The molecule has 0 saturated carbocycles. The number of fused-ring (bicyclic) bond motifs is 1. The standard InChI is InChI=1S/C17H18Cl2N4O3S/c1-2-26-17(25)22-16-21-13-5-6-23(8-14(13)27-16)9-15(24)20-10-3-4-11(18)12(19)7-10/h3-4,7H,2,5-6,8-9H2,1H3,(H,20,24)(H,21,22,25). The highest BCUT2D eigenvalue weighted by Gasteiger charge is 2.23. The van der Waals surface area contributed by atoms with Crippen molar-refractivity contribution in [3.05, 3.63) is 38.8 Å². The van der Waals surface area contributed by atoms with Gasteiger partial charge in [0.25, 0.3) is 0 Å². The normalized spacial score (nSPS) is 13.7. The first-order valence-corrected chi connectivity index (χ1v) is 9.91. The molecule has 0 fully saturated rings. The molecule has 1 aromatic heterocycles. The molecular weight excluding hydrogens is 411 g/mol. The van der Waals surface area contributed by atoms with Gasteiger partial charge >= 0.3 is 6.09 Å². The second-order valence-electron chi connectivity index (χ2n) is 5.87. The zero-order chi connectivity index (χ0) is 19.4. The number of halogens is 2. The molecule has 2 aromatic rings. The number of nitrogens with zero attached hydrogens (tertiary/aromatic N) is 2. The van der Waals surface area contributed by atoms with Crippen LogP contribution in [-0.4, -0.2) is 41.6 Å². The van der Waals surface area contributed by atoms with Crippen LogP contribution in [0.25, 0.3) is 0 Å². The second-order valence-corrected chi connectivity index (χ2v) is 7.77. The van der Waals surface area contributed by atoms with Gasteiger partial charge in [-0.2, -0.15) is 0 Å². The molecule has 2 heterocycles. The fraction of sp³-hybridized carbons (Fsp3) is 0.353. The smallest absolute Gasteiger partial charge is 0.413 e. The van der Waals surface area contributed by atoms with Crippen LogP contribution in [-0.2, 0) is 22.5 Å². The third-order valence-electron chi connectivity index (χ3n) is 3.87. The lowest BCUT2D eigenvalue weighted by molar-refractivity contribution is -0.117. The highest BCUT2D eigenvalue weighted by molar-refractivity contribution is 7.15. The lowest BCUT2D eigenvalue weighted by Gasteiger charge is -2.25. The van der Waals surface area contributed by atoms with E-state index in [1.807, 2.05) is 4.90 Å². The highest BCUT2D eigenvalue weighted by atomic mass is 35.5. The van der Waals surface area contributed by atoms with Gasteiger partial charge in [-0.05, 0) is 25.1 Å². The van der Waals surface area contributed by atoms with Crippen molar-refractivity contribution in [1.82, 2.24) is 9.88 Å². The number of hydrogen-bond acceptors (Lipinski definition) is 6. The number of carbonyl (C=O) groups excluding carboxylic acids is 2. The number of nitrogens with one attached hydrogen (secondary N) is 2. The van der Waals surface area contributed by atoms with Crippen molar-refractivity contribution in [3.63, 3.8) is 0 Å². The molecule has 0 radical (unpaired) electrons. The molecule has 2 N–H and O–H groups in total. The summed E-state index contributed by atoms with van der Waals surface area (Å²) in [6.07, 6.45) is 0.206. The summed E-state index contributed by atoms with van der Waals surface area (Å²) >= 11 is 13.2. The Kier molecular flexibility index (Phi) is 6.54. The Morgan fingerprint density at radius 1 is 1.30 bits per heavy atom. The van der Waals surface area contributed by atoms with Crippen molar-refractivity contribution in [2.24, 2.45) is 0 Å². The molecule has 0 atom stereocenters. The summed E-state index contributed by atoms with van der Waals surface area (Å²) in [5, 5.41) is 6.79. The average molecular weight is 429 g/mol.